The number of thioether (sulfide) groups is 1. The number of halogens is 2. The van der Waals surface area contributed by atoms with E-state index < -0.39 is 0 Å². The first-order valence-electron chi connectivity index (χ1n) is 11.0. The molecule has 0 unspecified atom stereocenters. The summed E-state index contributed by atoms with van der Waals surface area (Å²) in [5.74, 6) is 1.12. The molecule has 0 bridgehead atoms. The van der Waals surface area contributed by atoms with Gasteiger partial charge in [0.25, 0.3) is 5.91 Å². The molecule has 0 radical (unpaired) electrons. The van der Waals surface area contributed by atoms with Gasteiger partial charge in [-0.15, -0.1) is 0 Å². The largest absolute Gasteiger partial charge is 0.490 e. The topological polar surface area (TPSA) is 64.0 Å². The Morgan fingerprint density at radius 2 is 1.86 bits per heavy atom. The van der Waals surface area contributed by atoms with Crippen molar-refractivity contribution >= 4 is 57.8 Å². The fourth-order valence-electron chi connectivity index (χ4n) is 3.33. The van der Waals surface area contributed by atoms with Gasteiger partial charge in [-0.1, -0.05) is 41.4 Å². The minimum Gasteiger partial charge on any atom is -0.490 e. The molecular weight excluding hydrogens is 505 g/mol. The van der Waals surface area contributed by atoms with Crippen molar-refractivity contribution in [2.45, 2.75) is 20.5 Å². The first-order valence-corrected chi connectivity index (χ1v) is 12.6. The van der Waals surface area contributed by atoms with Gasteiger partial charge in [0, 0.05) is 24.0 Å². The average Bonchev–Trinajstić information content (AvgIpc) is 3.15. The van der Waals surface area contributed by atoms with Crippen LogP contribution < -0.4 is 9.47 Å². The minimum absolute atomic E-state index is 0.109. The van der Waals surface area contributed by atoms with Gasteiger partial charge in [-0.25, -0.2) is 4.99 Å². The summed E-state index contributed by atoms with van der Waals surface area (Å²) in [4.78, 5) is 23.8. The van der Waals surface area contributed by atoms with Gasteiger partial charge in [-0.05, 0) is 73.1 Å². The summed E-state index contributed by atoms with van der Waals surface area (Å²) >= 11 is 13.5. The first-order chi connectivity index (χ1) is 17.0. The van der Waals surface area contributed by atoms with Crippen molar-refractivity contribution < 1.29 is 14.3 Å². The zero-order valence-electron chi connectivity index (χ0n) is 19.2. The molecule has 0 spiro atoms. The van der Waals surface area contributed by atoms with Crippen LogP contribution in [0, 0.1) is 0 Å². The summed E-state index contributed by atoms with van der Waals surface area (Å²) in [5, 5.41) is 1.68. The number of aliphatic imine (C=N–C) groups is 1. The molecule has 1 amide bonds. The van der Waals surface area contributed by atoms with E-state index in [1.54, 1.807) is 17.2 Å². The van der Waals surface area contributed by atoms with Crippen molar-refractivity contribution in [3.05, 3.63) is 87.0 Å². The molecule has 2 aromatic carbocycles. The fraction of sp³-hybridized carbons (Fsp3) is 0.192. The van der Waals surface area contributed by atoms with E-state index in [2.05, 4.69) is 9.98 Å². The van der Waals surface area contributed by atoms with Gasteiger partial charge >= 0.3 is 0 Å². The van der Waals surface area contributed by atoms with Gasteiger partial charge in [0.1, 0.15) is 6.61 Å². The number of amides is 1. The molecule has 9 heteroatoms. The van der Waals surface area contributed by atoms with Crippen LogP contribution in [0.15, 0.2) is 70.8 Å². The number of benzene rings is 2. The second kappa shape index (κ2) is 11.6. The van der Waals surface area contributed by atoms with Crippen LogP contribution >= 0.6 is 35.0 Å². The highest BCUT2D eigenvalue weighted by Crippen LogP contribution is 2.37. The Hall–Kier alpha value is -3.00. The summed E-state index contributed by atoms with van der Waals surface area (Å²) in [7, 11) is 0. The lowest BCUT2D eigenvalue weighted by atomic mass is 10.1. The lowest BCUT2D eigenvalue weighted by molar-refractivity contribution is -0.122. The molecule has 0 atom stereocenters. The average molecular weight is 528 g/mol. The lowest BCUT2D eigenvalue weighted by Gasteiger charge is -2.13. The Morgan fingerprint density at radius 3 is 2.57 bits per heavy atom. The monoisotopic (exact) mass is 527 g/mol. The number of pyridine rings is 1. The van der Waals surface area contributed by atoms with Crippen LogP contribution in [0.1, 0.15) is 25.0 Å². The number of carbonyl (C=O) groups excluding carboxylic acids is 1. The number of hydrogen-bond acceptors (Lipinski definition) is 6. The number of nitrogens with zero attached hydrogens (tertiary/aromatic N) is 3. The minimum atomic E-state index is -0.109. The number of rotatable bonds is 8. The molecule has 4 rings (SSSR count). The van der Waals surface area contributed by atoms with E-state index in [4.69, 9.17) is 32.7 Å². The molecule has 1 aliphatic heterocycles. The SMILES string of the molecule is CCOc1cc(/C=C2\SC(=Nc3ccncc3Cl)N(CC)C2=O)ccc1OCc1ccc(Cl)cc1. The van der Waals surface area contributed by atoms with Crippen molar-refractivity contribution in [1.82, 2.24) is 9.88 Å². The van der Waals surface area contributed by atoms with E-state index in [1.807, 2.05) is 62.4 Å². The standard InChI is InChI=1S/C26H23Cl2N3O3S/c1-3-31-25(32)24(35-26(31)30-21-11-12-29-15-20(21)28)14-18-7-10-22(23(13-18)33-4-2)34-16-17-5-8-19(27)9-6-17/h5-15H,3-4,16H2,1-2H3/b24-14-,30-26?. The molecule has 0 aliphatic carbocycles. The van der Waals surface area contributed by atoms with Gasteiger partial charge in [-0.3, -0.25) is 14.7 Å². The molecule has 1 saturated heterocycles. The van der Waals surface area contributed by atoms with E-state index in [9.17, 15) is 4.79 Å². The maximum absolute atomic E-state index is 13.0. The van der Waals surface area contributed by atoms with Crippen LogP contribution in [-0.2, 0) is 11.4 Å². The zero-order valence-corrected chi connectivity index (χ0v) is 21.5. The van der Waals surface area contributed by atoms with E-state index in [0.29, 0.717) is 57.1 Å². The van der Waals surface area contributed by atoms with Crippen LogP contribution in [-0.4, -0.2) is 34.1 Å². The summed E-state index contributed by atoms with van der Waals surface area (Å²) in [6.45, 7) is 5.18. The maximum Gasteiger partial charge on any atom is 0.266 e. The summed E-state index contributed by atoms with van der Waals surface area (Å²) in [6.07, 6.45) is 4.98. The quantitative estimate of drug-likeness (QED) is 0.295. The van der Waals surface area contributed by atoms with E-state index in [1.165, 1.54) is 18.0 Å². The van der Waals surface area contributed by atoms with Gasteiger partial charge in [0.2, 0.25) is 0 Å². The van der Waals surface area contributed by atoms with Crippen LogP contribution in [0.25, 0.3) is 6.08 Å². The number of amidine groups is 1. The second-order valence-electron chi connectivity index (χ2n) is 7.44. The number of ether oxygens (including phenoxy) is 2. The molecule has 35 heavy (non-hydrogen) atoms. The van der Waals surface area contributed by atoms with Crippen molar-refractivity contribution in [2.75, 3.05) is 13.2 Å². The predicted molar refractivity (Wildman–Crippen MR) is 143 cm³/mol. The van der Waals surface area contributed by atoms with E-state index >= 15 is 0 Å². The van der Waals surface area contributed by atoms with Crippen LogP contribution in [0.2, 0.25) is 10.0 Å². The van der Waals surface area contributed by atoms with Crippen LogP contribution in [0.4, 0.5) is 5.69 Å². The zero-order chi connectivity index (χ0) is 24.8. The molecule has 1 fully saturated rings. The summed E-state index contributed by atoms with van der Waals surface area (Å²) in [5.41, 5.74) is 2.39. The van der Waals surface area contributed by atoms with Gasteiger partial charge in [0.15, 0.2) is 16.7 Å². The van der Waals surface area contributed by atoms with Crippen LogP contribution in [0.5, 0.6) is 11.5 Å². The van der Waals surface area contributed by atoms with Crippen LogP contribution in [0.3, 0.4) is 0 Å². The highest BCUT2D eigenvalue weighted by molar-refractivity contribution is 8.18. The molecular formula is C26H23Cl2N3O3S. The molecule has 1 aromatic heterocycles. The van der Waals surface area contributed by atoms with Crippen molar-refractivity contribution in [1.29, 1.82) is 0 Å². The number of likely N-dealkylation sites (N-methyl/N-ethyl adjacent to an activating group) is 1. The number of carbonyl (C=O) groups is 1. The first kappa shape index (κ1) is 25.1. The summed E-state index contributed by atoms with van der Waals surface area (Å²) < 4.78 is 11.8. The fourth-order valence-corrected chi connectivity index (χ4v) is 4.67. The summed E-state index contributed by atoms with van der Waals surface area (Å²) in [6, 6.07) is 14.8. The molecule has 180 valence electrons. The number of aromatic nitrogens is 1. The molecule has 6 nitrogen and oxygen atoms in total. The third-order valence-electron chi connectivity index (χ3n) is 5.04. The Balaban J connectivity index is 1.57. The maximum atomic E-state index is 13.0. The molecule has 0 saturated carbocycles. The Bertz CT molecular complexity index is 1280. The normalized spacial score (nSPS) is 15.8. The van der Waals surface area contributed by atoms with Gasteiger partial charge in [-0.2, -0.15) is 0 Å². The van der Waals surface area contributed by atoms with Crippen molar-refractivity contribution in [3.63, 3.8) is 0 Å². The van der Waals surface area contributed by atoms with E-state index in [0.717, 1.165) is 11.1 Å². The Morgan fingerprint density at radius 1 is 1.06 bits per heavy atom. The van der Waals surface area contributed by atoms with E-state index in [-0.39, 0.29) is 5.91 Å². The second-order valence-corrected chi connectivity index (χ2v) is 9.29. The lowest BCUT2D eigenvalue weighted by Crippen LogP contribution is -2.28. The number of hydrogen-bond donors (Lipinski definition) is 0. The molecule has 3 aromatic rings. The third-order valence-corrected chi connectivity index (χ3v) is 6.59. The van der Waals surface area contributed by atoms with Crippen molar-refractivity contribution in [3.8, 4) is 11.5 Å². The van der Waals surface area contributed by atoms with Crippen molar-refractivity contribution in [2.24, 2.45) is 4.99 Å². The highest BCUT2D eigenvalue weighted by Gasteiger charge is 2.32. The molecule has 0 N–H and O–H groups in total. The molecule has 2 heterocycles. The van der Waals surface area contributed by atoms with Gasteiger partial charge in [0.05, 0.1) is 22.2 Å². The predicted octanol–water partition coefficient (Wildman–Crippen LogP) is 6.99. The Kier molecular flexibility index (Phi) is 8.33. The van der Waals surface area contributed by atoms with Gasteiger partial charge < -0.3 is 9.47 Å². The highest BCUT2D eigenvalue weighted by atomic mass is 35.5. The molecule has 1 aliphatic rings. The third kappa shape index (κ3) is 6.17. The smallest absolute Gasteiger partial charge is 0.266 e. The Labute approximate surface area is 218 Å².